The molecule has 0 spiro atoms. The van der Waals surface area contributed by atoms with Gasteiger partial charge in [0.1, 0.15) is 23.9 Å². The first-order valence-electron chi connectivity index (χ1n) is 11.2. The topological polar surface area (TPSA) is 71.5 Å². The molecule has 0 aromatic carbocycles. The van der Waals surface area contributed by atoms with Gasteiger partial charge in [0.05, 0.1) is 6.04 Å². The van der Waals surface area contributed by atoms with Crippen LogP contribution in [-0.4, -0.2) is 66.0 Å². The molecule has 1 aliphatic carbocycles. The normalized spacial score (nSPS) is 14.1. The Bertz CT molecular complexity index is 913. The molecule has 0 unspecified atom stereocenters. The number of likely N-dealkylation sites (N-methyl/N-ethyl adjacent to an activating group) is 2. The average Bonchev–Trinajstić information content (AvgIpc) is 3.20. The van der Waals surface area contributed by atoms with Crippen molar-refractivity contribution in [1.29, 1.82) is 0 Å². The van der Waals surface area contributed by atoms with Crippen LogP contribution in [0.3, 0.4) is 0 Å². The number of pyridine rings is 1. The quantitative estimate of drug-likeness (QED) is 0.578. The second kappa shape index (κ2) is 10.2. The maximum absolute atomic E-state index is 12.7. The Morgan fingerprint density at radius 2 is 1.94 bits per heavy atom. The van der Waals surface area contributed by atoms with Crippen molar-refractivity contribution >= 4 is 11.6 Å². The van der Waals surface area contributed by atoms with E-state index in [1.54, 1.807) is 6.20 Å². The Labute approximate surface area is 185 Å². The van der Waals surface area contributed by atoms with E-state index in [9.17, 15) is 4.79 Å². The molecule has 7 nitrogen and oxygen atoms in total. The molecule has 0 aliphatic heterocycles. The second-order valence-electron chi connectivity index (χ2n) is 9.03. The summed E-state index contributed by atoms with van der Waals surface area (Å²) in [5.41, 5.74) is 2.91. The molecule has 0 amide bonds. The summed E-state index contributed by atoms with van der Waals surface area (Å²) in [5, 5.41) is 0. The third-order valence-electron chi connectivity index (χ3n) is 5.67. The van der Waals surface area contributed by atoms with Crippen LogP contribution in [0, 0.1) is 5.92 Å². The molecular formula is C24H35N5O2. The van der Waals surface area contributed by atoms with Gasteiger partial charge in [-0.3, -0.25) is 9.78 Å². The fourth-order valence-corrected chi connectivity index (χ4v) is 3.76. The number of anilines is 1. The van der Waals surface area contributed by atoms with Crippen molar-refractivity contribution < 1.29 is 9.53 Å². The SMILES string of the molecule is CC(C)CC(=O)[C@H](C)N(C)c1nc(-c2cc(OCCN(C)C)ccn2)nc2c1CCC2. The predicted molar refractivity (Wildman–Crippen MR) is 124 cm³/mol. The highest BCUT2D eigenvalue weighted by molar-refractivity contribution is 5.87. The first-order chi connectivity index (χ1) is 14.8. The summed E-state index contributed by atoms with van der Waals surface area (Å²) < 4.78 is 5.86. The molecule has 168 valence electrons. The largest absolute Gasteiger partial charge is 0.492 e. The lowest BCUT2D eigenvalue weighted by Crippen LogP contribution is -2.37. The molecule has 0 fully saturated rings. The van der Waals surface area contributed by atoms with Crippen molar-refractivity contribution in [3.8, 4) is 17.3 Å². The van der Waals surface area contributed by atoms with Crippen LogP contribution in [0.2, 0.25) is 0 Å². The number of aromatic nitrogens is 3. The number of aryl methyl sites for hydroxylation is 1. The van der Waals surface area contributed by atoms with Crippen molar-refractivity contribution in [3.05, 3.63) is 29.6 Å². The van der Waals surface area contributed by atoms with E-state index in [-0.39, 0.29) is 11.8 Å². The summed E-state index contributed by atoms with van der Waals surface area (Å²) in [6.07, 6.45) is 5.24. The Balaban J connectivity index is 1.89. The van der Waals surface area contributed by atoms with Crippen LogP contribution in [0.5, 0.6) is 5.75 Å². The van der Waals surface area contributed by atoms with E-state index < -0.39 is 0 Å². The molecule has 0 saturated carbocycles. The van der Waals surface area contributed by atoms with Crippen LogP contribution < -0.4 is 9.64 Å². The molecule has 2 aromatic rings. The molecule has 1 aliphatic rings. The van der Waals surface area contributed by atoms with Gasteiger partial charge in [0.15, 0.2) is 11.6 Å². The maximum atomic E-state index is 12.7. The Kier molecular flexibility index (Phi) is 7.59. The van der Waals surface area contributed by atoms with Crippen molar-refractivity contribution in [2.45, 2.75) is 52.5 Å². The first-order valence-corrected chi connectivity index (χ1v) is 11.2. The number of ether oxygens (including phenoxy) is 1. The van der Waals surface area contributed by atoms with Crippen LogP contribution >= 0.6 is 0 Å². The summed E-state index contributed by atoms with van der Waals surface area (Å²) in [7, 11) is 6.00. The molecular weight excluding hydrogens is 390 g/mol. The summed E-state index contributed by atoms with van der Waals surface area (Å²) in [6.45, 7) is 7.55. The molecule has 2 heterocycles. The minimum Gasteiger partial charge on any atom is -0.492 e. The van der Waals surface area contributed by atoms with Gasteiger partial charge in [-0.1, -0.05) is 13.8 Å². The summed E-state index contributed by atoms with van der Waals surface area (Å²) in [5.74, 6) is 2.77. The summed E-state index contributed by atoms with van der Waals surface area (Å²) in [6, 6.07) is 3.51. The molecule has 31 heavy (non-hydrogen) atoms. The maximum Gasteiger partial charge on any atom is 0.180 e. The average molecular weight is 426 g/mol. The smallest absolute Gasteiger partial charge is 0.180 e. The number of hydrogen-bond acceptors (Lipinski definition) is 7. The lowest BCUT2D eigenvalue weighted by Gasteiger charge is -2.27. The van der Waals surface area contributed by atoms with E-state index in [1.165, 1.54) is 0 Å². The van der Waals surface area contributed by atoms with Crippen LogP contribution in [0.4, 0.5) is 5.82 Å². The zero-order valence-corrected chi connectivity index (χ0v) is 19.7. The van der Waals surface area contributed by atoms with Gasteiger partial charge in [-0.25, -0.2) is 9.97 Å². The van der Waals surface area contributed by atoms with Gasteiger partial charge in [-0.05, 0) is 52.3 Å². The highest BCUT2D eigenvalue weighted by Crippen LogP contribution is 2.32. The van der Waals surface area contributed by atoms with E-state index >= 15 is 0 Å². The van der Waals surface area contributed by atoms with E-state index in [0.29, 0.717) is 30.5 Å². The second-order valence-corrected chi connectivity index (χ2v) is 9.03. The van der Waals surface area contributed by atoms with Gasteiger partial charge >= 0.3 is 0 Å². The number of hydrogen-bond donors (Lipinski definition) is 0. The minimum absolute atomic E-state index is 0.233. The number of carbonyl (C=O) groups excluding carboxylic acids is 1. The molecule has 0 bridgehead atoms. The van der Waals surface area contributed by atoms with Crippen LogP contribution in [0.1, 0.15) is 44.9 Å². The van der Waals surface area contributed by atoms with E-state index in [2.05, 4.69) is 23.7 Å². The van der Waals surface area contributed by atoms with Crippen molar-refractivity contribution in [1.82, 2.24) is 19.9 Å². The van der Waals surface area contributed by atoms with Crippen LogP contribution in [0.25, 0.3) is 11.5 Å². The summed E-state index contributed by atoms with van der Waals surface area (Å²) >= 11 is 0. The van der Waals surface area contributed by atoms with Crippen LogP contribution in [0.15, 0.2) is 18.3 Å². The lowest BCUT2D eigenvalue weighted by molar-refractivity contribution is -0.120. The monoisotopic (exact) mass is 425 g/mol. The number of nitrogens with zero attached hydrogens (tertiary/aromatic N) is 5. The van der Waals surface area contributed by atoms with Crippen molar-refractivity contribution in [2.24, 2.45) is 5.92 Å². The third-order valence-corrected chi connectivity index (χ3v) is 5.67. The van der Waals surface area contributed by atoms with Crippen molar-refractivity contribution in [2.75, 3.05) is 39.2 Å². The molecule has 0 N–H and O–H groups in total. The van der Waals surface area contributed by atoms with E-state index in [1.807, 2.05) is 45.1 Å². The standard InChI is InChI=1S/C24H35N5O2/c1-16(2)14-22(30)17(3)29(6)24-19-8-7-9-20(19)26-23(27-24)21-15-18(10-11-25-21)31-13-12-28(4)5/h10-11,15-17H,7-9,12-14H2,1-6H3/t17-/m0/s1. The minimum atomic E-state index is -0.233. The highest BCUT2D eigenvalue weighted by Gasteiger charge is 2.27. The van der Waals surface area contributed by atoms with E-state index in [4.69, 9.17) is 14.7 Å². The molecule has 2 aromatic heterocycles. The highest BCUT2D eigenvalue weighted by atomic mass is 16.5. The summed E-state index contributed by atoms with van der Waals surface area (Å²) in [4.78, 5) is 31.0. The van der Waals surface area contributed by atoms with Gasteiger partial charge < -0.3 is 14.5 Å². The lowest BCUT2D eigenvalue weighted by atomic mass is 10.0. The van der Waals surface area contributed by atoms with E-state index in [0.717, 1.165) is 48.6 Å². The fourth-order valence-electron chi connectivity index (χ4n) is 3.76. The molecule has 0 radical (unpaired) electrons. The van der Waals surface area contributed by atoms with Gasteiger partial charge in [-0.2, -0.15) is 0 Å². The van der Waals surface area contributed by atoms with Crippen LogP contribution in [-0.2, 0) is 17.6 Å². The first kappa shape index (κ1) is 23.1. The predicted octanol–water partition coefficient (Wildman–Crippen LogP) is 3.41. The molecule has 3 rings (SSSR count). The molecule has 7 heteroatoms. The molecule has 0 saturated heterocycles. The van der Waals surface area contributed by atoms with Gasteiger partial charge in [-0.15, -0.1) is 0 Å². The zero-order valence-electron chi connectivity index (χ0n) is 19.7. The van der Waals surface area contributed by atoms with Gasteiger partial charge in [0.25, 0.3) is 0 Å². The number of rotatable bonds is 10. The third kappa shape index (κ3) is 5.79. The number of ketones is 1. The zero-order chi connectivity index (χ0) is 22.5. The molecule has 1 atom stereocenters. The Morgan fingerprint density at radius 1 is 1.16 bits per heavy atom. The number of fused-ring (bicyclic) bond motifs is 1. The van der Waals surface area contributed by atoms with Gasteiger partial charge in [0.2, 0.25) is 0 Å². The number of Topliss-reactive ketones (excluding diaryl/α,β-unsaturated/α-hetero) is 1. The Hall–Kier alpha value is -2.54. The Morgan fingerprint density at radius 3 is 2.65 bits per heavy atom. The number of carbonyl (C=O) groups is 1. The fraction of sp³-hybridized carbons (Fsp3) is 0.583. The van der Waals surface area contributed by atoms with Crippen molar-refractivity contribution in [3.63, 3.8) is 0 Å². The van der Waals surface area contributed by atoms with Gasteiger partial charge in [0, 0.05) is 43.5 Å².